The van der Waals surface area contributed by atoms with Crippen molar-refractivity contribution in [2.75, 3.05) is 12.8 Å². The molecule has 0 amide bonds. The normalized spacial score (nSPS) is 16.9. The van der Waals surface area contributed by atoms with Crippen LogP contribution in [0.3, 0.4) is 0 Å². The van der Waals surface area contributed by atoms with Gasteiger partial charge in [0.1, 0.15) is 0 Å². The zero-order valence-corrected chi connectivity index (χ0v) is 12.0. The fourth-order valence-corrected chi connectivity index (χ4v) is 2.67. The molecule has 0 bridgehead atoms. The first-order valence-corrected chi connectivity index (χ1v) is 6.88. The molecule has 1 fully saturated rings. The summed E-state index contributed by atoms with van der Waals surface area (Å²) in [6.07, 6.45) is 3.21. The molecule has 6 nitrogen and oxygen atoms in total. The average Bonchev–Trinajstić information content (AvgIpc) is 2.84. The van der Waals surface area contributed by atoms with Crippen LogP contribution in [-0.4, -0.2) is 32.9 Å². The van der Waals surface area contributed by atoms with Crippen LogP contribution in [0.15, 0.2) is 18.2 Å². The standard InChI is InChI=1S/C13H16ClN5O/c1-20-13(5-2-6-13)8-19-12(16-17-18-19)10-7-9(14)3-4-11(10)15/h3-4,7H,2,5-6,8,15H2,1H3. The first-order valence-electron chi connectivity index (χ1n) is 6.50. The van der Waals surface area contributed by atoms with E-state index in [2.05, 4.69) is 15.5 Å². The van der Waals surface area contributed by atoms with Crippen molar-refractivity contribution in [2.24, 2.45) is 0 Å². The maximum Gasteiger partial charge on any atom is 0.184 e. The lowest BCUT2D eigenvalue weighted by Gasteiger charge is -2.40. The van der Waals surface area contributed by atoms with E-state index < -0.39 is 0 Å². The molecule has 1 aliphatic rings. The summed E-state index contributed by atoms with van der Waals surface area (Å²) in [5, 5.41) is 12.5. The van der Waals surface area contributed by atoms with Gasteiger partial charge in [0.15, 0.2) is 5.82 Å². The van der Waals surface area contributed by atoms with Crippen molar-refractivity contribution in [1.82, 2.24) is 20.2 Å². The van der Waals surface area contributed by atoms with E-state index in [-0.39, 0.29) is 5.60 Å². The fourth-order valence-electron chi connectivity index (χ4n) is 2.50. The lowest BCUT2D eigenvalue weighted by Crippen LogP contribution is -2.43. The Balaban J connectivity index is 1.96. The van der Waals surface area contributed by atoms with E-state index >= 15 is 0 Å². The second kappa shape index (κ2) is 5.03. The summed E-state index contributed by atoms with van der Waals surface area (Å²) in [6.45, 7) is 0.623. The summed E-state index contributed by atoms with van der Waals surface area (Å²) < 4.78 is 7.36. The number of hydrogen-bond acceptors (Lipinski definition) is 5. The highest BCUT2D eigenvalue weighted by molar-refractivity contribution is 6.31. The van der Waals surface area contributed by atoms with Gasteiger partial charge in [0.05, 0.1) is 12.1 Å². The molecule has 1 aliphatic carbocycles. The van der Waals surface area contributed by atoms with Gasteiger partial charge >= 0.3 is 0 Å². The summed E-state index contributed by atoms with van der Waals surface area (Å²) in [7, 11) is 1.73. The summed E-state index contributed by atoms with van der Waals surface area (Å²) in [5.41, 5.74) is 7.18. The van der Waals surface area contributed by atoms with Crippen LogP contribution >= 0.6 is 11.6 Å². The molecule has 0 aliphatic heterocycles. The van der Waals surface area contributed by atoms with Crippen LogP contribution < -0.4 is 5.73 Å². The molecule has 0 radical (unpaired) electrons. The van der Waals surface area contributed by atoms with Gasteiger partial charge in [-0.25, -0.2) is 4.68 Å². The van der Waals surface area contributed by atoms with Gasteiger partial charge < -0.3 is 10.5 Å². The van der Waals surface area contributed by atoms with Crippen molar-refractivity contribution in [3.8, 4) is 11.4 Å². The summed E-state index contributed by atoms with van der Waals surface area (Å²) in [5.74, 6) is 0.619. The highest BCUT2D eigenvalue weighted by Crippen LogP contribution is 2.37. The van der Waals surface area contributed by atoms with Crippen LogP contribution in [0, 0.1) is 0 Å². The summed E-state index contributed by atoms with van der Waals surface area (Å²) in [6, 6.07) is 5.28. The lowest BCUT2D eigenvalue weighted by atomic mass is 9.80. The van der Waals surface area contributed by atoms with E-state index in [1.165, 1.54) is 6.42 Å². The molecule has 2 aromatic rings. The number of tetrazole rings is 1. The molecule has 7 heteroatoms. The smallest absolute Gasteiger partial charge is 0.184 e. The molecule has 2 N–H and O–H groups in total. The predicted molar refractivity (Wildman–Crippen MR) is 76.3 cm³/mol. The quantitative estimate of drug-likeness (QED) is 0.874. The molecule has 0 atom stereocenters. The number of nitrogens with two attached hydrogens (primary N) is 1. The van der Waals surface area contributed by atoms with Gasteiger partial charge in [0, 0.05) is 23.4 Å². The maximum atomic E-state index is 6.03. The molecular formula is C13H16ClN5O. The van der Waals surface area contributed by atoms with Gasteiger partial charge in [-0.1, -0.05) is 11.6 Å². The van der Waals surface area contributed by atoms with Gasteiger partial charge in [-0.2, -0.15) is 0 Å². The first-order chi connectivity index (χ1) is 9.63. The number of ether oxygens (including phenoxy) is 1. The monoisotopic (exact) mass is 293 g/mol. The topological polar surface area (TPSA) is 78.8 Å². The highest BCUT2D eigenvalue weighted by Gasteiger charge is 2.38. The number of benzene rings is 1. The Morgan fingerprint density at radius 3 is 2.90 bits per heavy atom. The SMILES string of the molecule is COC1(Cn2nnnc2-c2cc(Cl)ccc2N)CCC1. The van der Waals surface area contributed by atoms with Gasteiger partial charge in [-0.05, 0) is 47.9 Å². The van der Waals surface area contributed by atoms with E-state index in [0.29, 0.717) is 23.1 Å². The molecule has 1 saturated carbocycles. The third-order valence-corrected chi connectivity index (χ3v) is 4.16. The second-order valence-electron chi connectivity index (χ2n) is 5.13. The Kier molecular flexibility index (Phi) is 3.35. The zero-order chi connectivity index (χ0) is 14.2. The zero-order valence-electron chi connectivity index (χ0n) is 11.2. The van der Waals surface area contributed by atoms with E-state index in [9.17, 15) is 0 Å². The average molecular weight is 294 g/mol. The number of halogens is 1. The molecule has 106 valence electrons. The fraction of sp³-hybridized carbons (Fsp3) is 0.462. The number of aromatic nitrogens is 4. The molecule has 1 aromatic heterocycles. The van der Waals surface area contributed by atoms with Gasteiger partial charge in [-0.15, -0.1) is 5.10 Å². The van der Waals surface area contributed by atoms with Crippen LogP contribution in [-0.2, 0) is 11.3 Å². The molecular weight excluding hydrogens is 278 g/mol. The Hall–Kier alpha value is -1.66. The molecule has 0 spiro atoms. The van der Waals surface area contributed by atoms with Crippen LogP contribution in [0.25, 0.3) is 11.4 Å². The number of nitrogen functional groups attached to an aromatic ring is 1. The van der Waals surface area contributed by atoms with E-state index in [1.807, 2.05) is 0 Å². The van der Waals surface area contributed by atoms with Crippen LogP contribution in [0.4, 0.5) is 5.69 Å². The van der Waals surface area contributed by atoms with Crippen molar-refractivity contribution in [3.05, 3.63) is 23.2 Å². The minimum Gasteiger partial charge on any atom is -0.398 e. The van der Waals surface area contributed by atoms with E-state index in [4.69, 9.17) is 22.1 Å². The third kappa shape index (κ3) is 2.25. The number of methoxy groups -OCH3 is 1. The molecule has 0 unspecified atom stereocenters. The number of rotatable bonds is 4. The van der Waals surface area contributed by atoms with Crippen molar-refractivity contribution >= 4 is 17.3 Å². The number of anilines is 1. The van der Waals surface area contributed by atoms with Crippen molar-refractivity contribution < 1.29 is 4.74 Å². The van der Waals surface area contributed by atoms with Crippen LogP contribution in [0.1, 0.15) is 19.3 Å². The Bertz CT molecular complexity index is 617. The van der Waals surface area contributed by atoms with E-state index in [0.717, 1.165) is 18.4 Å². The van der Waals surface area contributed by atoms with Crippen molar-refractivity contribution in [2.45, 2.75) is 31.4 Å². The predicted octanol–water partition coefficient (Wildman–Crippen LogP) is 2.14. The molecule has 3 rings (SSSR count). The van der Waals surface area contributed by atoms with Gasteiger partial charge in [0.25, 0.3) is 0 Å². The summed E-state index contributed by atoms with van der Waals surface area (Å²) in [4.78, 5) is 0. The minimum atomic E-state index is -0.155. The van der Waals surface area contributed by atoms with E-state index in [1.54, 1.807) is 30.0 Å². The Morgan fingerprint density at radius 1 is 1.45 bits per heavy atom. The Morgan fingerprint density at radius 2 is 2.25 bits per heavy atom. The third-order valence-electron chi connectivity index (χ3n) is 3.92. The second-order valence-corrected chi connectivity index (χ2v) is 5.57. The van der Waals surface area contributed by atoms with Crippen molar-refractivity contribution in [3.63, 3.8) is 0 Å². The van der Waals surface area contributed by atoms with Crippen LogP contribution in [0.2, 0.25) is 5.02 Å². The highest BCUT2D eigenvalue weighted by atomic mass is 35.5. The van der Waals surface area contributed by atoms with Crippen LogP contribution in [0.5, 0.6) is 0 Å². The molecule has 1 heterocycles. The first kappa shape index (κ1) is 13.3. The Labute approximate surface area is 121 Å². The summed E-state index contributed by atoms with van der Waals surface area (Å²) >= 11 is 6.03. The molecule has 0 saturated heterocycles. The lowest BCUT2D eigenvalue weighted by molar-refractivity contribution is -0.0855. The maximum absolute atomic E-state index is 6.03. The van der Waals surface area contributed by atoms with Gasteiger partial charge in [0.2, 0.25) is 0 Å². The molecule has 20 heavy (non-hydrogen) atoms. The minimum absolute atomic E-state index is 0.155. The van der Waals surface area contributed by atoms with Crippen molar-refractivity contribution in [1.29, 1.82) is 0 Å². The molecule has 1 aromatic carbocycles. The van der Waals surface area contributed by atoms with Gasteiger partial charge in [-0.3, -0.25) is 0 Å². The number of nitrogens with zero attached hydrogens (tertiary/aromatic N) is 4. The largest absolute Gasteiger partial charge is 0.398 e. The number of hydrogen-bond donors (Lipinski definition) is 1.